The maximum atomic E-state index is 13.6. The van der Waals surface area contributed by atoms with Crippen LogP contribution in [0.1, 0.15) is 50.6 Å². The fraction of sp³-hybridized carbons (Fsp3) is 0.520. The first kappa shape index (κ1) is 21.4. The number of hydrogen-bond donors (Lipinski definition) is 0. The molecule has 1 saturated carbocycles. The van der Waals surface area contributed by atoms with Crippen molar-refractivity contribution < 1.29 is 14.3 Å². The van der Waals surface area contributed by atoms with Crippen LogP contribution in [-0.4, -0.2) is 48.1 Å². The van der Waals surface area contributed by atoms with E-state index in [4.69, 9.17) is 21.1 Å². The van der Waals surface area contributed by atoms with Crippen molar-refractivity contribution in [2.45, 2.75) is 51.1 Å². The first-order valence-electron chi connectivity index (χ1n) is 11.7. The third-order valence-electron chi connectivity index (χ3n) is 6.75. The number of nitrogens with zero attached hydrogens (tertiary/aromatic N) is 3. The normalized spacial score (nSPS) is 19.9. The predicted octanol–water partition coefficient (Wildman–Crippen LogP) is 4.86. The average molecular weight is 456 g/mol. The lowest BCUT2D eigenvalue weighted by Crippen LogP contribution is -2.44. The second-order valence-corrected chi connectivity index (χ2v) is 9.44. The summed E-state index contributed by atoms with van der Waals surface area (Å²) in [6.07, 6.45) is 6.44. The summed E-state index contributed by atoms with van der Waals surface area (Å²) in [6.45, 7) is 5.15. The van der Waals surface area contributed by atoms with E-state index in [9.17, 15) is 4.79 Å². The molecule has 2 fully saturated rings. The number of hydrogen-bond acceptors (Lipinski definition) is 5. The Morgan fingerprint density at radius 2 is 1.84 bits per heavy atom. The number of aromatic nitrogens is 1. The molecule has 1 aromatic carbocycles. The third-order valence-corrected chi connectivity index (χ3v) is 6.97. The lowest BCUT2D eigenvalue weighted by molar-refractivity contribution is -0.139. The van der Waals surface area contributed by atoms with Gasteiger partial charge in [-0.15, -0.1) is 0 Å². The number of carbonyl (C=O) groups excluding carboxylic acids is 1. The van der Waals surface area contributed by atoms with Crippen LogP contribution in [0.2, 0.25) is 5.02 Å². The maximum absolute atomic E-state index is 13.6. The van der Waals surface area contributed by atoms with Gasteiger partial charge in [0.25, 0.3) is 0 Å². The van der Waals surface area contributed by atoms with Crippen LogP contribution >= 0.6 is 11.6 Å². The molecule has 5 rings (SSSR count). The molecule has 1 aliphatic carbocycles. The van der Waals surface area contributed by atoms with E-state index in [2.05, 4.69) is 33.8 Å². The lowest BCUT2D eigenvalue weighted by atomic mass is 9.93. The van der Waals surface area contributed by atoms with E-state index in [-0.39, 0.29) is 17.9 Å². The Hall–Kier alpha value is -2.47. The molecule has 3 aliphatic rings. The summed E-state index contributed by atoms with van der Waals surface area (Å²) in [7, 11) is 0. The van der Waals surface area contributed by atoms with Crippen molar-refractivity contribution in [1.29, 1.82) is 0 Å². The van der Waals surface area contributed by atoms with E-state index in [0.29, 0.717) is 24.3 Å². The fourth-order valence-corrected chi connectivity index (χ4v) is 4.87. The van der Waals surface area contributed by atoms with Crippen LogP contribution in [0, 0.1) is 5.92 Å². The molecular formula is C25H30ClN3O3. The highest BCUT2D eigenvalue weighted by Crippen LogP contribution is 2.40. The maximum Gasteiger partial charge on any atom is 0.226 e. The van der Waals surface area contributed by atoms with Crippen LogP contribution in [0.15, 0.2) is 36.5 Å². The van der Waals surface area contributed by atoms with Crippen molar-refractivity contribution in [2.24, 2.45) is 5.92 Å². The quantitative estimate of drug-likeness (QED) is 0.644. The van der Waals surface area contributed by atoms with E-state index >= 15 is 0 Å². The molecule has 6 nitrogen and oxygen atoms in total. The molecule has 1 aromatic heterocycles. The molecule has 3 heterocycles. The van der Waals surface area contributed by atoms with Crippen molar-refractivity contribution >= 4 is 23.3 Å². The molecule has 0 radical (unpaired) electrons. The van der Waals surface area contributed by atoms with Gasteiger partial charge in [-0.1, -0.05) is 17.7 Å². The molecule has 0 N–H and O–H groups in total. The molecule has 1 unspecified atom stereocenters. The van der Waals surface area contributed by atoms with Crippen molar-refractivity contribution in [2.75, 3.05) is 31.2 Å². The van der Waals surface area contributed by atoms with Gasteiger partial charge in [-0.3, -0.25) is 4.79 Å². The summed E-state index contributed by atoms with van der Waals surface area (Å²) >= 11 is 5.97. The first-order valence-corrected chi connectivity index (χ1v) is 12.1. The molecule has 7 heteroatoms. The number of piperidine rings is 1. The Kier molecular flexibility index (Phi) is 6.13. The predicted molar refractivity (Wildman–Crippen MR) is 125 cm³/mol. The average Bonchev–Trinajstić information content (AvgIpc) is 3.67. The van der Waals surface area contributed by atoms with Gasteiger partial charge < -0.3 is 19.3 Å². The van der Waals surface area contributed by atoms with Crippen LogP contribution in [0.4, 0.5) is 5.82 Å². The fourth-order valence-electron chi connectivity index (χ4n) is 4.76. The zero-order chi connectivity index (χ0) is 22.1. The highest BCUT2D eigenvalue weighted by Gasteiger charge is 2.40. The first-order chi connectivity index (χ1) is 15.6. The molecule has 170 valence electrons. The highest BCUT2D eigenvalue weighted by molar-refractivity contribution is 6.30. The zero-order valence-corrected chi connectivity index (χ0v) is 19.3. The number of halogens is 1. The van der Waals surface area contributed by atoms with Crippen molar-refractivity contribution in [3.05, 3.63) is 47.1 Å². The Labute approximate surface area is 194 Å². The second-order valence-electron chi connectivity index (χ2n) is 9.01. The zero-order valence-electron chi connectivity index (χ0n) is 18.5. The van der Waals surface area contributed by atoms with Gasteiger partial charge in [0, 0.05) is 37.7 Å². The van der Waals surface area contributed by atoms with Gasteiger partial charge in [0.2, 0.25) is 5.91 Å². The molecule has 0 spiro atoms. The summed E-state index contributed by atoms with van der Waals surface area (Å²) in [5.74, 6) is 2.86. The number of benzene rings is 1. The Bertz CT molecular complexity index is 955. The highest BCUT2D eigenvalue weighted by atomic mass is 35.5. The Balaban J connectivity index is 1.27. The standard InChI is InChI=1S/C25H30ClN3O3/c1-17(19-3-7-22-23(15-19)32-14-2-13-31-22)29(21-5-6-21)25(30)18-9-11-28(12-10-18)24-8-4-20(26)16-27-24/h3-4,7-8,15-18,21H,2,5-6,9-14H2,1H3. The molecule has 32 heavy (non-hydrogen) atoms. The van der Waals surface area contributed by atoms with Crippen LogP contribution in [0.3, 0.4) is 0 Å². The van der Waals surface area contributed by atoms with Crippen LogP contribution in [0.5, 0.6) is 11.5 Å². The SMILES string of the molecule is CC(c1ccc2c(c1)OCCCO2)N(C(=O)C1CCN(c2ccc(Cl)cn2)CC1)C1CC1. The van der Waals surface area contributed by atoms with Gasteiger partial charge >= 0.3 is 0 Å². The summed E-state index contributed by atoms with van der Waals surface area (Å²) in [5.41, 5.74) is 1.11. The number of rotatable bonds is 5. The Morgan fingerprint density at radius 1 is 1.09 bits per heavy atom. The van der Waals surface area contributed by atoms with E-state index in [1.165, 1.54) is 0 Å². The summed E-state index contributed by atoms with van der Waals surface area (Å²) in [5, 5.41) is 0.641. The second kappa shape index (κ2) is 9.18. The molecule has 1 amide bonds. The molecule has 1 saturated heterocycles. The van der Waals surface area contributed by atoms with E-state index < -0.39 is 0 Å². The number of ether oxygens (including phenoxy) is 2. The molecule has 1 atom stereocenters. The smallest absolute Gasteiger partial charge is 0.226 e. The van der Waals surface area contributed by atoms with Crippen LogP contribution < -0.4 is 14.4 Å². The van der Waals surface area contributed by atoms with Gasteiger partial charge in [0.1, 0.15) is 5.82 Å². The minimum atomic E-state index is 0.0168. The monoisotopic (exact) mass is 455 g/mol. The minimum Gasteiger partial charge on any atom is -0.490 e. The number of pyridine rings is 1. The van der Waals surface area contributed by atoms with E-state index in [1.807, 2.05) is 18.2 Å². The number of carbonyl (C=O) groups is 1. The molecule has 0 bridgehead atoms. The minimum absolute atomic E-state index is 0.0168. The molecule has 2 aliphatic heterocycles. The van der Waals surface area contributed by atoms with Crippen LogP contribution in [0.25, 0.3) is 0 Å². The number of anilines is 1. The summed E-state index contributed by atoms with van der Waals surface area (Å²) in [4.78, 5) is 22.5. The van der Waals surface area contributed by atoms with E-state index in [1.54, 1.807) is 6.20 Å². The van der Waals surface area contributed by atoms with Crippen molar-refractivity contribution in [3.8, 4) is 11.5 Å². The van der Waals surface area contributed by atoms with Gasteiger partial charge in [-0.2, -0.15) is 0 Å². The van der Waals surface area contributed by atoms with Gasteiger partial charge in [0.05, 0.1) is 24.3 Å². The van der Waals surface area contributed by atoms with Gasteiger partial charge in [-0.05, 0) is 62.4 Å². The summed E-state index contributed by atoms with van der Waals surface area (Å²) < 4.78 is 11.7. The van der Waals surface area contributed by atoms with Crippen molar-refractivity contribution in [3.63, 3.8) is 0 Å². The largest absolute Gasteiger partial charge is 0.490 e. The summed E-state index contributed by atoms with van der Waals surface area (Å²) in [6, 6.07) is 10.3. The molecule has 2 aromatic rings. The van der Waals surface area contributed by atoms with Crippen molar-refractivity contribution in [1.82, 2.24) is 9.88 Å². The molecular weight excluding hydrogens is 426 g/mol. The third kappa shape index (κ3) is 4.51. The van der Waals surface area contributed by atoms with E-state index in [0.717, 1.165) is 68.1 Å². The lowest BCUT2D eigenvalue weighted by Gasteiger charge is -2.37. The number of fused-ring (bicyclic) bond motifs is 1. The van der Waals surface area contributed by atoms with Gasteiger partial charge in [0.15, 0.2) is 11.5 Å². The topological polar surface area (TPSA) is 54.9 Å². The van der Waals surface area contributed by atoms with Crippen LogP contribution in [-0.2, 0) is 4.79 Å². The number of amides is 1. The van der Waals surface area contributed by atoms with Gasteiger partial charge in [-0.25, -0.2) is 4.98 Å². The Morgan fingerprint density at radius 3 is 2.53 bits per heavy atom.